The predicted molar refractivity (Wildman–Crippen MR) is 149 cm³/mol. The Morgan fingerprint density at radius 2 is 1.71 bits per heavy atom. The Labute approximate surface area is 240 Å². The molecule has 1 N–H and O–H groups in total. The zero-order valence-electron chi connectivity index (χ0n) is 23.1. The maximum atomic E-state index is 14.3. The van der Waals surface area contributed by atoms with Gasteiger partial charge in [0.2, 0.25) is 17.8 Å². The number of para-hydroxylation sites is 1. The van der Waals surface area contributed by atoms with Crippen molar-refractivity contribution in [3.63, 3.8) is 0 Å². The van der Waals surface area contributed by atoms with Crippen LogP contribution in [0, 0.1) is 0 Å². The van der Waals surface area contributed by atoms with Gasteiger partial charge in [0.25, 0.3) is 6.43 Å². The van der Waals surface area contributed by atoms with E-state index in [9.17, 15) is 8.78 Å². The quantitative estimate of drug-likeness (QED) is 0.295. The molecule has 0 unspecified atom stereocenters. The Morgan fingerprint density at radius 3 is 2.48 bits per heavy atom. The Kier molecular flexibility index (Phi) is 8.48. The van der Waals surface area contributed by atoms with Crippen LogP contribution in [0.3, 0.4) is 0 Å². The summed E-state index contributed by atoms with van der Waals surface area (Å²) < 4.78 is 52.0. The van der Waals surface area contributed by atoms with Gasteiger partial charge in [-0.2, -0.15) is 15.0 Å². The van der Waals surface area contributed by atoms with Crippen molar-refractivity contribution in [1.82, 2.24) is 34.4 Å². The summed E-state index contributed by atoms with van der Waals surface area (Å²) in [6.07, 6.45) is 0.342. The average molecular weight is 584 g/mol. The summed E-state index contributed by atoms with van der Waals surface area (Å²) in [5, 5.41) is 3.15. The number of anilines is 3. The molecular weight excluding hydrogens is 552 g/mol. The first kappa shape index (κ1) is 27.9. The third-order valence-electron chi connectivity index (χ3n) is 6.94. The summed E-state index contributed by atoms with van der Waals surface area (Å²) in [6, 6.07) is 6.82. The fourth-order valence-electron chi connectivity index (χ4n) is 4.84. The molecular formula is C27H31F2N9O4. The van der Waals surface area contributed by atoms with Crippen LogP contribution in [0.4, 0.5) is 26.4 Å². The van der Waals surface area contributed by atoms with E-state index in [0.717, 1.165) is 32.8 Å². The van der Waals surface area contributed by atoms with E-state index >= 15 is 0 Å². The van der Waals surface area contributed by atoms with Crippen molar-refractivity contribution in [2.75, 3.05) is 83.1 Å². The molecule has 13 nitrogen and oxygen atoms in total. The van der Waals surface area contributed by atoms with Crippen LogP contribution in [0.1, 0.15) is 12.2 Å². The normalized spacial score (nSPS) is 16.2. The van der Waals surface area contributed by atoms with E-state index in [2.05, 4.69) is 35.1 Å². The topological polar surface area (TPSA) is 125 Å². The van der Waals surface area contributed by atoms with E-state index in [1.807, 2.05) is 4.90 Å². The zero-order valence-corrected chi connectivity index (χ0v) is 23.1. The second kappa shape index (κ2) is 12.8. The van der Waals surface area contributed by atoms with Gasteiger partial charge in [0.1, 0.15) is 23.6 Å². The minimum absolute atomic E-state index is 0.00841. The van der Waals surface area contributed by atoms with Gasteiger partial charge in [-0.05, 0) is 12.1 Å². The van der Waals surface area contributed by atoms with Crippen LogP contribution in [-0.2, 0) is 9.47 Å². The molecule has 0 aliphatic carbocycles. The lowest BCUT2D eigenvalue weighted by molar-refractivity contribution is 0.0322. The Morgan fingerprint density at radius 1 is 0.952 bits per heavy atom. The number of nitrogens with zero attached hydrogens (tertiary/aromatic N) is 8. The van der Waals surface area contributed by atoms with Crippen molar-refractivity contribution in [2.45, 2.75) is 6.43 Å². The number of imidazole rings is 1. The molecule has 0 saturated carbocycles. The van der Waals surface area contributed by atoms with Gasteiger partial charge in [-0.15, -0.1) is 0 Å². The SMILES string of the molecule is COc1cccc2c1nc(C(F)F)n2-c1nc(Nc2cncc(OCCN3CCOCC3)c2)nc(N2CCOCC2)n1. The van der Waals surface area contributed by atoms with Gasteiger partial charge in [-0.25, -0.2) is 13.8 Å². The molecule has 222 valence electrons. The number of aromatic nitrogens is 6. The van der Waals surface area contributed by atoms with E-state index in [1.54, 1.807) is 36.7 Å². The molecule has 4 aromatic rings. The lowest BCUT2D eigenvalue weighted by atomic mass is 10.3. The van der Waals surface area contributed by atoms with Crippen LogP contribution < -0.4 is 19.7 Å². The zero-order chi connectivity index (χ0) is 28.9. The highest BCUT2D eigenvalue weighted by Gasteiger charge is 2.26. The third kappa shape index (κ3) is 6.17. The maximum absolute atomic E-state index is 14.3. The number of alkyl halides is 2. The Bertz CT molecular complexity index is 1510. The number of pyridine rings is 1. The minimum atomic E-state index is -2.89. The van der Waals surface area contributed by atoms with Crippen LogP contribution in [0.5, 0.6) is 11.5 Å². The molecule has 0 amide bonds. The van der Waals surface area contributed by atoms with E-state index in [4.69, 9.17) is 18.9 Å². The number of halogens is 2. The first-order valence-electron chi connectivity index (χ1n) is 13.7. The van der Waals surface area contributed by atoms with Gasteiger partial charge < -0.3 is 29.2 Å². The molecule has 0 atom stereocenters. The smallest absolute Gasteiger partial charge is 0.296 e. The van der Waals surface area contributed by atoms with E-state index in [1.165, 1.54) is 11.7 Å². The second-order valence-corrected chi connectivity index (χ2v) is 9.63. The summed E-state index contributed by atoms with van der Waals surface area (Å²) >= 11 is 0. The highest BCUT2D eigenvalue weighted by molar-refractivity contribution is 5.84. The molecule has 2 saturated heterocycles. The molecule has 15 heteroatoms. The lowest BCUT2D eigenvalue weighted by Gasteiger charge is -2.27. The van der Waals surface area contributed by atoms with Gasteiger partial charge in [-0.1, -0.05) is 6.07 Å². The molecule has 2 fully saturated rings. The summed E-state index contributed by atoms with van der Waals surface area (Å²) in [6.45, 7) is 6.54. The number of fused-ring (bicyclic) bond motifs is 1. The largest absolute Gasteiger partial charge is 0.494 e. The van der Waals surface area contributed by atoms with Crippen molar-refractivity contribution in [3.05, 3.63) is 42.5 Å². The van der Waals surface area contributed by atoms with Gasteiger partial charge in [0.15, 0.2) is 5.82 Å². The molecule has 1 aromatic carbocycles. The van der Waals surface area contributed by atoms with Crippen molar-refractivity contribution < 1.29 is 27.7 Å². The Hall–Kier alpha value is -4.21. The van der Waals surface area contributed by atoms with Crippen LogP contribution in [0.15, 0.2) is 36.7 Å². The summed E-state index contributed by atoms with van der Waals surface area (Å²) in [7, 11) is 1.46. The fourth-order valence-corrected chi connectivity index (χ4v) is 4.84. The first-order chi connectivity index (χ1) is 20.6. The van der Waals surface area contributed by atoms with E-state index in [-0.39, 0.29) is 17.4 Å². The summed E-state index contributed by atoms with van der Waals surface area (Å²) in [5.74, 6) is 0.900. The number of hydrogen-bond acceptors (Lipinski definition) is 12. The third-order valence-corrected chi connectivity index (χ3v) is 6.94. The number of ether oxygens (including phenoxy) is 4. The monoisotopic (exact) mass is 583 g/mol. The predicted octanol–water partition coefficient (Wildman–Crippen LogP) is 2.84. The second-order valence-electron chi connectivity index (χ2n) is 9.63. The lowest BCUT2D eigenvalue weighted by Crippen LogP contribution is -2.38. The van der Waals surface area contributed by atoms with Crippen molar-refractivity contribution in [3.8, 4) is 17.4 Å². The van der Waals surface area contributed by atoms with Gasteiger partial charge >= 0.3 is 0 Å². The molecule has 2 aliphatic heterocycles. The highest BCUT2D eigenvalue weighted by Crippen LogP contribution is 2.32. The number of methoxy groups -OCH3 is 1. The van der Waals surface area contributed by atoms with Crippen LogP contribution >= 0.6 is 0 Å². The van der Waals surface area contributed by atoms with Crippen molar-refractivity contribution in [1.29, 1.82) is 0 Å². The van der Waals surface area contributed by atoms with Gasteiger partial charge in [-0.3, -0.25) is 14.5 Å². The summed E-state index contributed by atoms with van der Waals surface area (Å²) in [5.41, 5.74) is 1.23. The molecule has 3 aromatic heterocycles. The maximum Gasteiger partial charge on any atom is 0.296 e. The van der Waals surface area contributed by atoms with Gasteiger partial charge in [0, 0.05) is 38.8 Å². The number of rotatable bonds is 10. The fraction of sp³-hybridized carbons (Fsp3) is 0.444. The van der Waals surface area contributed by atoms with Crippen molar-refractivity contribution in [2.24, 2.45) is 0 Å². The van der Waals surface area contributed by atoms with E-state index < -0.39 is 12.2 Å². The van der Waals surface area contributed by atoms with Gasteiger partial charge in [0.05, 0.1) is 57.1 Å². The summed E-state index contributed by atoms with van der Waals surface area (Å²) in [4.78, 5) is 26.4. The molecule has 0 bridgehead atoms. The highest BCUT2D eigenvalue weighted by atomic mass is 19.3. The van der Waals surface area contributed by atoms with E-state index in [0.29, 0.717) is 61.6 Å². The van der Waals surface area contributed by atoms with Crippen LogP contribution in [0.2, 0.25) is 0 Å². The van der Waals surface area contributed by atoms with Crippen LogP contribution in [-0.4, -0.2) is 107 Å². The number of morpholine rings is 2. The number of benzene rings is 1. The average Bonchev–Trinajstić information content (AvgIpc) is 3.43. The number of nitrogens with one attached hydrogen (secondary N) is 1. The molecule has 6 rings (SSSR count). The number of hydrogen-bond donors (Lipinski definition) is 1. The van der Waals surface area contributed by atoms with Crippen molar-refractivity contribution >= 4 is 28.6 Å². The Balaban J connectivity index is 1.32. The molecule has 42 heavy (non-hydrogen) atoms. The standard InChI is InChI=1S/C27H31F2N9O4/c1-39-21-4-2-3-20-22(21)32-24(23(28)29)38(20)27-34-25(33-26(35-27)37-8-12-41-13-9-37)31-18-15-19(17-30-16-18)42-14-7-36-5-10-40-11-6-36/h2-4,15-17,23H,5-14H2,1H3,(H,31,33,34,35). The minimum Gasteiger partial charge on any atom is -0.494 e. The molecule has 2 aliphatic rings. The first-order valence-corrected chi connectivity index (χ1v) is 13.7. The molecule has 5 heterocycles. The van der Waals surface area contributed by atoms with Crippen LogP contribution in [0.25, 0.3) is 17.0 Å². The molecule has 0 radical (unpaired) electrons. The molecule has 0 spiro atoms.